The summed E-state index contributed by atoms with van der Waals surface area (Å²) in [5.41, 5.74) is 0.959. The molecule has 2 aliphatic heterocycles. The number of benzene rings is 1. The van der Waals surface area contributed by atoms with E-state index in [1.807, 2.05) is 35.2 Å². The van der Waals surface area contributed by atoms with Crippen molar-refractivity contribution in [2.45, 2.75) is 44.8 Å². The molecule has 1 aromatic carbocycles. The number of likely N-dealkylation sites (tertiary alicyclic amines) is 1. The number of hydrogen-bond acceptors (Lipinski definition) is 3. The van der Waals surface area contributed by atoms with Crippen LogP contribution in [0.4, 0.5) is 4.79 Å². The van der Waals surface area contributed by atoms with Gasteiger partial charge < -0.3 is 14.4 Å². The smallest absolute Gasteiger partial charge is 0.410 e. The fourth-order valence-electron chi connectivity index (χ4n) is 3.83. The minimum Gasteiger partial charge on any atom is -0.445 e. The number of carbonyl (C=O) groups is 1. The topological polar surface area (TPSA) is 38.8 Å². The van der Waals surface area contributed by atoms with E-state index >= 15 is 0 Å². The van der Waals surface area contributed by atoms with Gasteiger partial charge in [0.25, 0.3) is 0 Å². The van der Waals surface area contributed by atoms with Gasteiger partial charge in [-0.15, -0.1) is 0 Å². The Kier molecular flexibility index (Phi) is 4.67. The minimum absolute atomic E-state index is 0.0719. The Balaban J connectivity index is 1.63. The highest BCUT2D eigenvalue weighted by atomic mass is 16.6. The molecule has 2 saturated heterocycles. The number of nitrogens with zero attached hydrogens (tertiary/aromatic N) is 1. The van der Waals surface area contributed by atoms with Gasteiger partial charge in [-0.25, -0.2) is 4.79 Å². The van der Waals surface area contributed by atoms with Crippen LogP contribution < -0.4 is 0 Å². The van der Waals surface area contributed by atoms with Gasteiger partial charge in [-0.3, -0.25) is 0 Å². The Hall–Kier alpha value is -1.55. The third kappa shape index (κ3) is 3.12. The van der Waals surface area contributed by atoms with Gasteiger partial charge in [0.15, 0.2) is 0 Å². The zero-order chi connectivity index (χ0) is 15.4. The predicted molar refractivity (Wildman–Crippen MR) is 84.5 cm³/mol. The highest BCUT2D eigenvalue weighted by Gasteiger charge is 2.46. The van der Waals surface area contributed by atoms with Gasteiger partial charge in [-0.2, -0.15) is 0 Å². The maximum absolute atomic E-state index is 12.5. The summed E-state index contributed by atoms with van der Waals surface area (Å²) in [5.74, 6) is 0.521. The van der Waals surface area contributed by atoms with Crippen LogP contribution in [0.15, 0.2) is 30.3 Å². The molecular weight excluding hydrogens is 278 g/mol. The molecule has 3 rings (SSSR count). The van der Waals surface area contributed by atoms with Crippen LogP contribution >= 0.6 is 0 Å². The summed E-state index contributed by atoms with van der Waals surface area (Å²) in [6.07, 6.45) is 4.04. The molecule has 1 aromatic rings. The predicted octanol–water partition coefficient (Wildman–Crippen LogP) is 3.60. The van der Waals surface area contributed by atoms with E-state index in [0.29, 0.717) is 12.5 Å². The molecule has 0 saturated carbocycles. The van der Waals surface area contributed by atoms with Crippen molar-refractivity contribution in [3.8, 4) is 0 Å². The summed E-state index contributed by atoms with van der Waals surface area (Å²) in [5, 5.41) is 0. The number of carbonyl (C=O) groups excluding carboxylic acids is 1. The zero-order valence-electron chi connectivity index (χ0n) is 13.3. The number of amides is 1. The molecular formula is C18H25NO3. The fraction of sp³-hybridized carbons (Fsp3) is 0.611. The molecule has 4 nitrogen and oxygen atoms in total. The van der Waals surface area contributed by atoms with E-state index in [0.717, 1.165) is 51.0 Å². The zero-order valence-corrected chi connectivity index (χ0v) is 13.3. The quantitative estimate of drug-likeness (QED) is 0.856. The minimum atomic E-state index is -0.171. The van der Waals surface area contributed by atoms with Crippen molar-refractivity contribution in [1.29, 1.82) is 0 Å². The molecule has 0 radical (unpaired) electrons. The number of ether oxygens (including phenoxy) is 2. The SMILES string of the molecule is CC1(C2CCOCC2)CCCN1C(=O)OCc1ccccc1. The van der Waals surface area contributed by atoms with Crippen LogP contribution in [0.2, 0.25) is 0 Å². The second kappa shape index (κ2) is 6.69. The van der Waals surface area contributed by atoms with Crippen molar-refractivity contribution in [3.63, 3.8) is 0 Å². The van der Waals surface area contributed by atoms with Gasteiger partial charge in [0.1, 0.15) is 6.61 Å². The molecule has 2 aliphatic rings. The van der Waals surface area contributed by atoms with E-state index in [2.05, 4.69) is 6.92 Å². The van der Waals surface area contributed by atoms with E-state index < -0.39 is 0 Å². The van der Waals surface area contributed by atoms with Gasteiger partial charge in [-0.05, 0) is 44.1 Å². The molecule has 120 valence electrons. The van der Waals surface area contributed by atoms with Crippen LogP contribution in [0.25, 0.3) is 0 Å². The third-order valence-electron chi connectivity index (χ3n) is 5.21. The summed E-state index contributed by atoms with van der Waals surface area (Å²) >= 11 is 0. The Morgan fingerprint density at radius 3 is 2.77 bits per heavy atom. The third-order valence-corrected chi connectivity index (χ3v) is 5.21. The number of rotatable bonds is 3. The molecule has 2 fully saturated rings. The van der Waals surface area contributed by atoms with Crippen molar-refractivity contribution in [2.75, 3.05) is 19.8 Å². The largest absolute Gasteiger partial charge is 0.445 e. The molecule has 4 heteroatoms. The molecule has 0 aliphatic carbocycles. The van der Waals surface area contributed by atoms with Crippen molar-refractivity contribution >= 4 is 6.09 Å². The summed E-state index contributed by atoms with van der Waals surface area (Å²) in [4.78, 5) is 14.5. The Morgan fingerprint density at radius 2 is 2.05 bits per heavy atom. The van der Waals surface area contributed by atoms with Crippen LogP contribution in [-0.4, -0.2) is 36.3 Å². The molecule has 1 unspecified atom stereocenters. The first-order chi connectivity index (χ1) is 10.7. The van der Waals surface area contributed by atoms with E-state index in [1.54, 1.807) is 0 Å². The summed E-state index contributed by atoms with van der Waals surface area (Å²) < 4.78 is 11.0. The summed E-state index contributed by atoms with van der Waals surface area (Å²) in [7, 11) is 0. The average Bonchev–Trinajstić information content (AvgIpc) is 2.98. The first-order valence-electron chi connectivity index (χ1n) is 8.26. The highest BCUT2D eigenvalue weighted by Crippen LogP contribution is 2.40. The normalized spacial score (nSPS) is 26.1. The molecule has 2 heterocycles. The lowest BCUT2D eigenvalue weighted by Gasteiger charge is -2.42. The van der Waals surface area contributed by atoms with Crippen LogP contribution in [-0.2, 0) is 16.1 Å². The molecule has 22 heavy (non-hydrogen) atoms. The van der Waals surface area contributed by atoms with Gasteiger partial charge in [-0.1, -0.05) is 30.3 Å². The second-order valence-corrected chi connectivity index (χ2v) is 6.54. The van der Waals surface area contributed by atoms with Gasteiger partial charge >= 0.3 is 6.09 Å². The van der Waals surface area contributed by atoms with Gasteiger partial charge in [0.2, 0.25) is 0 Å². The van der Waals surface area contributed by atoms with E-state index in [1.165, 1.54) is 0 Å². The highest BCUT2D eigenvalue weighted by molar-refractivity contribution is 5.69. The molecule has 0 bridgehead atoms. The maximum atomic E-state index is 12.5. The number of hydrogen-bond donors (Lipinski definition) is 0. The summed E-state index contributed by atoms with van der Waals surface area (Å²) in [6.45, 7) is 5.00. The van der Waals surface area contributed by atoms with Gasteiger partial charge in [0, 0.05) is 25.3 Å². The lowest BCUT2D eigenvalue weighted by molar-refractivity contribution is -0.00535. The standard InChI is InChI=1S/C18H25NO3/c1-18(16-8-12-21-13-9-16)10-5-11-19(18)17(20)22-14-15-6-3-2-4-7-15/h2-4,6-7,16H,5,8-14H2,1H3. The Bertz CT molecular complexity index is 498. The van der Waals surface area contributed by atoms with E-state index in [4.69, 9.17) is 9.47 Å². The molecule has 1 atom stereocenters. The summed E-state index contributed by atoms with van der Waals surface area (Å²) in [6, 6.07) is 9.86. The molecule has 0 aromatic heterocycles. The maximum Gasteiger partial charge on any atom is 0.410 e. The lowest BCUT2D eigenvalue weighted by atomic mass is 9.78. The van der Waals surface area contributed by atoms with E-state index in [-0.39, 0.29) is 11.6 Å². The van der Waals surface area contributed by atoms with Crippen LogP contribution in [0.5, 0.6) is 0 Å². The fourth-order valence-corrected chi connectivity index (χ4v) is 3.83. The monoisotopic (exact) mass is 303 g/mol. The first-order valence-corrected chi connectivity index (χ1v) is 8.26. The Labute approximate surface area is 132 Å². The lowest BCUT2D eigenvalue weighted by Crippen LogP contribution is -2.51. The van der Waals surface area contributed by atoms with Crippen molar-refractivity contribution in [1.82, 2.24) is 4.90 Å². The van der Waals surface area contributed by atoms with Crippen molar-refractivity contribution in [2.24, 2.45) is 5.92 Å². The molecule has 1 amide bonds. The molecule has 0 N–H and O–H groups in total. The van der Waals surface area contributed by atoms with E-state index in [9.17, 15) is 4.79 Å². The average molecular weight is 303 g/mol. The van der Waals surface area contributed by atoms with Gasteiger partial charge in [0.05, 0.1) is 0 Å². The molecule has 0 spiro atoms. The Morgan fingerprint density at radius 1 is 1.32 bits per heavy atom. The second-order valence-electron chi connectivity index (χ2n) is 6.54. The van der Waals surface area contributed by atoms with Crippen molar-refractivity contribution < 1.29 is 14.3 Å². The van der Waals surface area contributed by atoms with Crippen LogP contribution in [0.3, 0.4) is 0 Å². The van der Waals surface area contributed by atoms with Crippen LogP contribution in [0.1, 0.15) is 38.2 Å². The van der Waals surface area contributed by atoms with Crippen LogP contribution in [0, 0.1) is 5.92 Å². The first kappa shape index (κ1) is 15.3. The van der Waals surface area contributed by atoms with Crippen molar-refractivity contribution in [3.05, 3.63) is 35.9 Å².